The Hall–Kier alpha value is -3.22. The highest BCUT2D eigenvalue weighted by Gasteiger charge is 2.34. The van der Waals surface area contributed by atoms with E-state index in [1.54, 1.807) is 26.0 Å². The average Bonchev–Trinajstić information content (AvgIpc) is 2.79. The molecule has 0 radical (unpaired) electrons. The van der Waals surface area contributed by atoms with Gasteiger partial charge in [0.25, 0.3) is 0 Å². The average molecular weight is 497 g/mol. The van der Waals surface area contributed by atoms with Gasteiger partial charge in [0.15, 0.2) is 6.04 Å². The first-order valence-electron chi connectivity index (χ1n) is 11.3. The van der Waals surface area contributed by atoms with Crippen LogP contribution in [0.25, 0.3) is 0 Å². The van der Waals surface area contributed by atoms with Crippen LogP contribution in [0.2, 0.25) is 0 Å². The van der Waals surface area contributed by atoms with E-state index in [9.17, 15) is 39.6 Å². The predicted molar refractivity (Wildman–Crippen MR) is 126 cm³/mol. The molecule has 0 aromatic heterocycles. The minimum absolute atomic E-state index is 0.00881. The van der Waals surface area contributed by atoms with E-state index in [0.29, 0.717) is 12.0 Å². The monoisotopic (exact) mass is 496 g/mol. The number of nitrogens with two attached hydrogens (primary N) is 1. The van der Waals surface area contributed by atoms with Crippen LogP contribution in [0.3, 0.4) is 0 Å². The number of nitrogens with one attached hydrogen (secondary N) is 3. The van der Waals surface area contributed by atoms with Crippen molar-refractivity contribution >= 4 is 23.7 Å². The molecule has 0 aliphatic rings. The number of aliphatic carboxylic acids is 1. The summed E-state index contributed by atoms with van der Waals surface area (Å²) in [5, 5.41) is 45.3. The second-order valence-corrected chi connectivity index (χ2v) is 8.64. The van der Waals surface area contributed by atoms with Gasteiger partial charge >= 0.3 is 5.97 Å². The van der Waals surface area contributed by atoms with Gasteiger partial charge in [-0.3, -0.25) is 14.4 Å². The highest BCUT2D eigenvalue weighted by Crippen LogP contribution is 2.13. The molecule has 0 bridgehead atoms. The van der Waals surface area contributed by atoms with Crippen LogP contribution in [0.4, 0.5) is 0 Å². The van der Waals surface area contributed by atoms with Crippen molar-refractivity contribution in [1.29, 1.82) is 0 Å². The highest BCUT2D eigenvalue weighted by molar-refractivity contribution is 5.94. The van der Waals surface area contributed by atoms with E-state index in [4.69, 9.17) is 5.73 Å². The summed E-state index contributed by atoms with van der Waals surface area (Å²) < 4.78 is 0. The molecular weight excluding hydrogens is 460 g/mol. The Balaban J connectivity index is 3.17. The zero-order valence-electron chi connectivity index (χ0n) is 20.3. The van der Waals surface area contributed by atoms with E-state index in [2.05, 4.69) is 16.0 Å². The van der Waals surface area contributed by atoms with Crippen LogP contribution in [0.15, 0.2) is 24.3 Å². The van der Waals surface area contributed by atoms with Gasteiger partial charge in [0, 0.05) is 6.42 Å². The van der Waals surface area contributed by atoms with Crippen molar-refractivity contribution < 1.29 is 39.6 Å². The largest absolute Gasteiger partial charge is 0.508 e. The summed E-state index contributed by atoms with van der Waals surface area (Å²) in [6, 6.07) is 0.658. The SMILES string of the molecule is CCC(C)C(NC(=O)C(Cc1ccc(O)cc1)NC(=O)C(N)C(C)O)C(=O)NC(C(=O)O)C(C)O. The molecule has 1 aromatic carbocycles. The molecule has 9 N–H and O–H groups in total. The lowest BCUT2D eigenvalue weighted by Gasteiger charge is -2.28. The van der Waals surface area contributed by atoms with Gasteiger partial charge in [0.2, 0.25) is 17.7 Å². The number of carbonyl (C=O) groups excluding carboxylic acids is 3. The minimum Gasteiger partial charge on any atom is -0.508 e. The minimum atomic E-state index is -1.58. The van der Waals surface area contributed by atoms with Gasteiger partial charge < -0.3 is 42.1 Å². The number of phenols is 1. The fraction of sp³-hybridized carbons (Fsp3) is 0.565. The highest BCUT2D eigenvalue weighted by atomic mass is 16.4. The lowest BCUT2D eigenvalue weighted by atomic mass is 9.96. The molecule has 12 nitrogen and oxygen atoms in total. The number of rotatable bonds is 13. The number of carbonyl (C=O) groups is 4. The molecular formula is C23H36N4O8. The fourth-order valence-corrected chi connectivity index (χ4v) is 3.15. The molecule has 1 aromatic rings. The van der Waals surface area contributed by atoms with Gasteiger partial charge in [-0.1, -0.05) is 32.4 Å². The quantitative estimate of drug-likeness (QED) is 0.161. The number of carboxylic acid groups (broad SMARTS) is 1. The summed E-state index contributed by atoms with van der Waals surface area (Å²) in [4.78, 5) is 49.9. The summed E-state index contributed by atoms with van der Waals surface area (Å²) in [7, 11) is 0. The Morgan fingerprint density at radius 1 is 0.857 bits per heavy atom. The topological polar surface area (TPSA) is 211 Å². The second kappa shape index (κ2) is 13.6. The Bertz CT molecular complexity index is 875. The molecule has 7 unspecified atom stereocenters. The molecule has 0 heterocycles. The molecule has 0 fully saturated rings. The van der Waals surface area contributed by atoms with Gasteiger partial charge in [-0.2, -0.15) is 0 Å². The first-order valence-corrected chi connectivity index (χ1v) is 11.3. The Kier molecular flexibility index (Phi) is 11.6. The van der Waals surface area contributed by atoms with Crippen molar-refractivity contribution in [2.45, 2.75) is 76.9 Å². The van der Waals surface area contributed by atoms with E-state index in [-0.39, 0.29) is 12.2 Å². The molecule has 1 rings (SSSR count). The number of phenolic OH excluding ortho intramolecular Hbond substituents is 1. The maximum absolute atomic E-state index is 13.2. The number of benzene rings is 1. The summed E-state index contributed by atoms with van der Waals surface area (Å²) in [5.74, 6) is -4.19. The Morgan fingerprint density at radius 3 is 1.86 bits per heavy atom. The Morgan fingerprint density at radius 2 is 1.40 bits per heavy atom. The van der Waals surface area contributed by atoms with Crippen molar-refractivity contribution in [3.8, 4) is 5.75 Å². The molecule has 3 amide bonds. The normalized spacial score (nSPS) is 17.1. The van der Waals surface area contributed by atoms with Crippen LogP contribution in [-0.4, -0.2) is 80.5 Å². The van der Waals surface area contributed by atoms with E-state index < -0.39 is 66.0 Å². The van der Waals surface area contributed by atoms with Gasteiger partial charge in [0.1, 0.15) is 23.9 Å². The number of hydrogen-bond donors (Lipinski definition) is 8. The fourth-order valence-electron chi connectivity index (χ4n) is 3.15. The van der Waals surface area contributed by atoms with Gasteiger partial charge in [-0.05, 0) is 37.5 Å². The van der Waals surface area contributed by atoms with Crippen molar-refractivity contribution in [3.63, 3.8) is 0 Å². The maximum Gasteiger partial charge on any atom is 0.328 e. The van der Waals surface area contributed by atoms with Crippen molar-refractivity contribution in [3.05, 3.63) is 29.8 Å². The lowest BCUT2D eigenvalue weighted by molar-refractivity contribution is -0.145. The third kappa shape index (κ3) is 9.15. The third-order valence-electron chi connectivity index (χ3n) is 5.67. The predicted octanol–water partition coefficient (Wildman–Crippen LogP) is -1.39. The van der Waals surface area contributed by atoms with Crippen molar-refractivity contribution in [2.75, 3.05) is 0 Å². The number of carboxylic acids is 1. The molecule has 12 heteroatoms. The zero-order valence-corrected chi connectivity index (χ0v) is 20.3. The summed E-state index contributed by atoms with van der Waals surface area (Å²) >= 11 is 0. The standard InChI is InChI=1S/C23H36N4O8/c1-5-11(2)18(22(33)27-19(13(4)29)23(34)35)26-20(31)16(25-21(32)17(24)12(3)28)10-14-6-8-15(30)9-7-14/h6-9,11-13,16-19,28-30H,5,10,24H2,1-4H3,(H,25,32)(H,26,31)(H,27,33)(H,34,35). The molecule has 0 aliphatic heterocycles. The number of hydrogen-bond acceptors (Lipinski definition) is 8. The van der Waals surface area contributed by atoms with Crippen molar-refractivity contribution in [2.24, 2.45) is 11.7 Å². The van der Waals surface area contributed by atoms with Gasteiger partial charge in [-0.15, -0.1) is 0 Å². The van der Waals surface area contributed by atoms with Crippen LogP contribution in [0.5, 0.6) is 5.75 Å². The molecule has 35 heavy (non-hydrogen) atoms. The van der Waals surface area contributed by atoms with Crippen molar-refractivity contribution in [1.82, 2.24) is 16.0 Å². The first kappa shape index (κ1) is 29.8. The number of aliphatic hydroxyl groups is 2. The number of aromatic hydroxyl groups is 1. The van der Waals surface area contributed by atoms with Gasteiger partial charge in [0.05, 0.1) is 12.2 Å². The molecule has 0 spiro atoms. The van der Waals surface area contributed by atoms with Crippen LogP contribution in [0.1, 0.15) is 39.7 Å². The Labute approximate surface area is 203 Å². The summed E-state index contributed by atoms with van der Waals surface area (Å²) in [5.41, 5.74) is 6.26. The third-order valence-corrected chi connectivity index (χ3v) is 5.67. The zero-order chi connectivity index (χ0) is 26.9. The number of amides is 3. The van der Waals surface area contributed by atoms with E-state index in [1.807, 2.05) is 0 Å². The van der Waals surface area contributed by atoms with E-state index in [1.165, 1.54) is 26.0 Å². The lowest BCUT2D eigenvalue weighted by Crippen LogP contribution is -2.60. The number of aliphatic hydroxyl groups excluding tert-OH is 2. The van der Waals surface area contributed by atoms with E-state index >= 15 is 0 Å². The van der Waals surface area contributed by atoms with Gasteiger partial charge in [-0.25, -0.2) is 4.79 Å². The molecule has 0 saturated heterocycles. The molecule has 0 aliphatic carbocycles. The maximum atomic E-state index is 13.2. The molecule has 196 valence electrons. The summed E-state index contributed by atoms with van der Waals surface area (Å²) in [6.07, 6.45) is -2.13. The second-order valence-electron chi connectivity index (χ2n) is 8.64. The summed E-state index contributed by atoms with van der Waals surface area (Å²) in [6.45, 7) is 5.99. The van der Waals surface area contributed by atoms with Crippen LogP contribution < -0.4 is 21.7 Å². The van der Waals surface area contributed by atoms with Crippen LogP contribution in [0, 0.1) is 5.92 Å². The molecule has 7 atom stereocenters. The smallest absolute Gasteiger partial charge is 0.328 e. The molecule has 0 saturated carbocycles. The van der Waals surface area contributed by atoms with E-state index in [0.717, 1.165) is 0 Å². The first-order chi connectivity index (χ1) is 16.3. The van der Waals surface area contributed by atoms with Crippen LogP contribution in [-0.2, 0) is 25.6 Å². The van der Waals surface area contributed by atoms with Crippen LogP contribution >= 0.6 is 0 Å².